The first kappa shape index (κ1) is 14.4. The van der Waals surface area contributed by atoms with Gasteiger partial charge in [0.25, 0.3) is 0 Å². The van der Waals surface area contributed by atoms with Crippen molar-refractivity contribution in [3.8, 4) is 0 Å². The fraction of sp³-hybridized carbons (Fsp3) is 0.533. The van der Waals surface area contributed by atoms with E-state index in [1.54, 1.807) is 0 Å². The second kappa shape index (κ2) is 5.93. The van der Waals surface area contributed by atoms with E-state index in [-0.39, 0.29) is 18.4 Å². The van der Waals surface area contributed by atoms with E-state index in [0.29, 0.717) is 5.02 Å². The quantitative estimate of drug-likeness (QED) is 0.890. The molecule has 1 saturated carbocycles. The number of nitrogens with one attached hydrogen (secondary N) is 1. The predicted octanol–water partition coefficient (Wildman–Crippen LogP) is 3.21. The Morgan fingerprint density at radius 1 is 1.37 bits per heavy atom. The lowest BCUT2D eigenvalue weighted by Crippen LogP contribution is -2.35. The number of amides is 1. The maximum Gasteiger partial charge on any atom is 0.223 e. The van der Waals surface area contributed by atoms with Gasteiger partial charge in [-0.2, -0.15) is 0 Å². The number of hydrogen-bond acceptors (Lipinski definition) is 2. The molecular formula is C15H20ClNO2. The SMILES string of the molecule is CC(NC(=O)CC1(O)CCCC1)c1ccc(Cl)cc1. The van der Waals surface area contributed by atoms with Gasteiger partial charge in [-0.25, -0.2) is 0 Å². The van der Waals surface area contributed by atoms with Crippen molar-refractivity contribution in [2.45, 2.75) is 50.7 Å². The number of aliphatic hydroxyl groups is 1. The van der Waals surface area contributed by atoms with Crippen LogP contribution in [0.5, 0.6) is 0 Å². The minimum atomic E-state index is -0.788. The molecule has 1 aliphatic rings. The highest BCUT2D eigenvalue weighted by molar-refractivity contribution is 6.30. The fourth-order valence-corrected chi connectivity index (χ4v) is 2.76. The van der Waals surface area contributed by atoms with Crippen molar-refractivity contribution in [3.63, 3.8) is 0 Å². The second-order valence-corrected chi connectivity index (χ2v) is 5.89. The Hall–Kier alpha value is -1.06. The molecule has 0 radical (unpaired) electrons. The first-order valence-electron chi connectivity index (χ1n) is 6.76. The number of hydrogen-bond donors (Lipinski definition) is 2. The molecule has 1 unspecified atom stereocenters. The summed E-state index contributed by atoms with van der Waals surface area (Å²) in [7, 11) is 0. The van der Waals surface area contributed by atoms with Crippen molar-refractivity contribution in [2.75, 3.05) is 0 Å². The van der Waals surface area contributed by atoms with Gasteiger partial charge >= 0.3 is 0 Å². The molecule has 0 aliphatic heterocycles. The van der Waals surface area contributed by atoms with Crippen LogP contribution in [0.3, 0.4) is 0 Å². The van der Waals surface area contributed by atoms with Gasteiger partial charge in [0, 0.05) is 5.02 Å². The Morgan fingerprint density at radius 2 is 1.95 bits per heavy atom. The number of carbonyl (C=O) groups excluding carboxylic acids is 1. The molecule has 1 aliphatic carbocycles. The molecule has 3 nitrogen and oxygen atoms in total. The Kier molecular flexibility index (Phi) is 4.48. The van der Waals surface area contributed by atoms with Crippen LogP contribution >= 0.6 is 11.6 Å². The van der Waals surface area contributed by atoms with Gasteiger partial charge in [-0.15, -0.1) is 0 Å². The molecule has 2 rings (SSSR count). The molecule has 0 spiro atoms. The predicted molar refractivity (Wildman–Crippen MR) is 76.0 cm³/mol. The van der Waals surface area contributed by atoms with Gasteiger partial charge in [0.1, 0.15) is 0 Å². The largest absolute Gasteiger partial charge is 0.389 e. The third-order valence-electron chi connectivity index (χ3n) is 3.77. The minimum Gasteiger partial charge on any atom is -0.389 e. The van der Waals surface area contributed by atoms with Crippen LogP contribution in [-0.4, -0.2) is 16.6 Å². The first-order chi connectivity index (χ1) is 8.98. The van der Waals surface area contributed by atoms with Crippen molar-refractivity contribution in [1.82, 2.24) is 5.32 Å². The van der Waals surface area contributed by atoms with Crippen LogP contribution in [-0.2, 0) is 4.79 Å². The van der Waals surface area contributed by atoms with Crippen LogP contribution in [0.25, 0.3) is 0 Å². The van der Waals surface area contributed by atoms with E-state index in [9.17, 15) is 9.90 Å². The summed E-state index contributed by atoms with van der Waals surface area (Å²) in [5.74, 6) is -0.0909. The van der Waals surface area contributed by atoms with Crippen molar-refractivity contribution in [1.29, 1.82) is 0 Å². The third kappa shape index (κ3) is 3.95. The zero-order chi connectivity index (χ0) is 13.9. The average Bonchev–Trinajstić information content (AvgIpc) is 2.76. The lowest BCUT2D eigenvalue weighted by Gasteiger charge is -2.23. The van der Waals surface area contributed by atoms with Gasteiger partial charge < -0.3 is 10.4 Å². The average molecular weight is 282 g/mol. The van der Waals surface area contributed by atoms with Gasteiger partial charge in [0.15, 0.2) is 0 Å². The Labute approximate surface area is 119 Å². The Bertz CT molecular complexity index is 438. The molecule has 0 heterocycles. The van der Waals surface area contributed by atoms with Crippen molar-refractivity contribution >= 4 is 17.5 Å². The fourth-order valence-electron chi connectivity index (χ4n) is 2.64. The molecule has 1 amide bonds. The standard InChI is InChI=1S/C15H20ClNO2/c1-11(12-4-6-13(16)7-5-12)17-14(18)10-15(19)8-2-3-9-15/h4-7,11,19H,2-3,8-10H2,1H3,(H,17,18). The molecule has 19 heavy (non-hydrogen) atoms. The van der Waals surface area contributed by atoms with E-state index in [4.69, 9.17) is 11.6 Å². The summed E-state index contributed by atoms with van der Waals surface area (Å²) in [6, 6.07) is 7.35. The molecular weight excluding hydrogens is 262 g/mol. The summed E-state index contributed by atoms with van der Waals surface area (Å²) in [5, 5.41) is 13.8. The van der Waals surface area contributed by atoms with E-state index in [0.717, 1.165) is 31.2 Å². The van der Waals surface area contributed by atoms with Crippen LogP contribution in [0.15, 0.2) is 24.3 Å². The Morgan fingerprint density at radius 3 is 2.53 bits per heavy atom. The first-order valence-corrected chi connectivity index (χ1v) is 7.13. The van der Waals surface area contributed by atoms with Gasteiger partial charge in [0.2, 0.25) is 5.91 Å². The summed E-state index contributed by atoms with van der Waals surface area (Å²) >= 11 is 5.83. The topological polar surface area (TPSA) is 49.3 Å². The molecule has 1 atom stereocenters. The Balaban J connectivity index is 1.89. The normalized spacial score (nSPS) is 19.1. The van der Waals surface area contributed by atoms with E-state index < -0.39 is 5.60 Å². The van der Waals surface area contributed by atoms with Gasteiger partial charge in [-0.3, -0.25) is 4.79 Å². The highest BCUT2D eigenvalue weighted by Crippen LogP contribution is 2.32. The minimum absolute atomic E-state index is 0.0743. The van der Waals surface area contributed by atoms with Crippen molar-refractivity contribution in [2.24, 2.45) is 0 Å². The lowest BCUT2D eigenvalue weighted by atomic mass is 9.97. The lowest BCUT2D eigenvalue weighted by molar-refractivity contribution is -0.126. The van der Waals surface area contributed by atoms with Crippen molar-refractivity contribution < 1.29 is 9.90 Å². The summed E-state index contributed by atoms with van der Waals surface area (Å²) < 4.78 is 0. The molecule has 4 heteroatoms. The van der Waals surface area contributed by atoms with E-state index in [1.807, 2.05) is 31.2 Å². The molecule has 0 bridgehead atoms. The number of rotatable bonds is 4. The summed E-state index contributed by atoms with van der Waals surface area (Å²) in [5.41, 5.74) is 0.222. The second-order valence-electron chi connectivity index (χ2n) is 5.45. The number of benzene rings is 1. The monoisotopic (exact) mass is 281 g/mol. The highest BCUT2D eigenvalue weighted by Gasteiger charge is 2.33. The zero-order valence-corrected chi connectivity index (χ0v) is 11.9. The van der Waals surface area contributed by atoms with Crippen molar-refractivity contribution in [3.05, 3.63) is 34.9 Å². The molecule has 0 aromatic heterocycles. The maximum absolute atomic E-state index is 12.0. The van der Waals surface area contributed by atoms with E-state index in [2.05, 4.69) is 5.32 Å². The van der Waals surface area contributed by atoms with Crippen LogP contribution < -0.4 is 5.32 Å². The third-order valence-corrected chi connectivity index (χ3v) is 4.02. The van der Waals surface area contributed by atoms with Gasteiger partial charge in [-0.05, 0) is 37.5 Å². The summed E-state index contributed by atoms with van der Waals surface area (Å²) in [4.78, 5) is 12.0. The molecule has 104 valence electrons. The number of halogens is 1. The zero-order valence-electron chi connectivity index (χ0n) is 11.2. The maximum atomic E-state index is 12.0. The smallest absolute Gasteiger partial charge is 0.223 e. The summed E-state index contributed by atoms with van der Waals surface area (Å²) in [6.07, 6.45) is 3.68. The van der Waals surface area contributed by atoms with Crippen LogP contribution in [0.4, 0.5) is 0 Å². The number of carbonyl (C=O) groups is 1. The molecule has 1 aromatic rings. The highest BCUT2D eigenvalue weighted by atomic mass is 35.5. The molecule has 0 saturated heterocycles. The molecule has 2 N–H and O–H groups in total. The summed E-state index contributed by atoms with van der Waals surface area (Å²) in [6.45, 7) is 1.93. The van der Waals surface area contributed by atoms with Crippen LogP contribution in [0.2, 0.25) is 5.02 Å². The molecule has 1 aromatic carbocycles. The van der Waals surface area contributed by atoms with Crippen LogP contribution in [0, 0.1) is 0 Å². The van der Waals surface area contributed by atoms with Gasteiger partial charge in [0.05, 0.1) is 18.1 Å². The van der Waals surface area contributed by atoms with Crippen LogP contribution in [0.1, 0.15) is 50.6 Å². The molecule has 1 fully saturated rings. The van der Waals surface area contributed by atoms with E-state index >= 15 is 0 Å². The van der Waals surface area contributed by atoms with E-state index in [1.165, 1.54) is 0 Å². The van der Waals surface area contributed by atoms with Gasteiger partial charge in [-0.1, -0.05) is 36.6 Å².